The Morgan fingerprint density at radius 1 is 0.964 bits per heavy atom. The van der Waals surface area contributed by atoms with Crippen LogP contribution >= 0.6 is 0 Å². The summed E-state index contributed by atoms with van der Waals surface area (Å²) >= 11 is 0. The lowest BCUT2D eigenvalue weighted by Gasteiger charge is -2.33. The topological polar surface area (TPSA) is 71.1 Å². The lowest BCUT2D eigenvalue weighted by atomic mass is 9.98. The van der Waals surface area contributed by atoms with Crippen LogP contribution in [0.4, 0.5) is 0 Å². The van der Waals surface area contributed by atoms with E-state index in [1.165, 1.54) is 12.8 Å². The molecule has 0 spiro atoms. The van der Waals surface area contributed by atoms with Crippen molar-refractivity contribution in [2.45, 2.75) is 97.9 Å². The van der Waals surface area contributed by atoms with Gasteiger partial charge in [0.25, 0.3) is 0 Å². The summed E-state index contributed by atoms with van der Waals surface area (Å²) in [7, 11) is 0. The molecule has 6 nitrogen and oxygen atoms in total. The Hall–Kier alpha value is -1.14. The highest BCUT2D eigenvalue weighted by atomic mass is 16.7. The molecule has 0 aromatic rings. The second kappa shape index (κ2) is 14.8. The summed E-state index contributed by atoms with van der Waals surface area (Å²) in [5, 5.41) is 0. The van der Waals surface area contributed by atoms with Gasteiger partial charge in [0.1, 0.15) is 6.10 Å². The maximum absolute atomic E-state index is 12.0. The van der Waals surface area contributed by atoms with Crippen molar-refractivity contribution >= 4 is 11.9 Å². The van der Waals surface area contributed by atoms with Crippen molar-refractivity contribution in [2.24, 2.45) is 11.8 Å². The summed E-state index contributed by atoms with van der Waals surface area (Å²) in [6.07, 6.45) is 6.70. The Morgan fingerprint density at radius 2 is 1.61 bits per heavy atom. The number of carbonyl (C=O) groups is 2. The van der Waals surface area contributed by atoms with Gasteiger partial charge in [-0.15, -0.1) is 0 Å². The lowest BCUT2D eigenvalue weighted by molar-refractivity contribution is -0.245. The fourth-order valence-corrected chi connectivity index (χ4v) is 3.10. The van der Waals surface area contributed by atoms with Gasteiger partial charge in [0.15, 0.2) is 6.29 Å². The monoisotopic (exact) mass is 400 g/mol. The molecule has 1 aliphatic rings. The standard InChI is InChI=1S/C22H40O6/c1-5-7-10-18(6-2)22-26-15-19(16-27-22)28-21(24)12-9-8-11-20(23)25-14-13-17(3)4/h17-19,22H,5-16H2,1-4H3. The van der Waals surface area contributed by atoms with E-state index in [0.29, 0.717) is 57.3 Å². The smallest absolute Gasteiger partial charge is 0.306 e. The largest absolute Gasteiger partial charge is 0.466 e. The van der Waals surface area contributed by atoms with Crippen molar-refractivity contribution in [2.75, 3.05) is 19.8 Å². The van der Waals surface area contributed by atoms with Crippen LogP contribution in [0.5, 0.6) is 0 Å². The van der Waals surface area contributed by atoms with Crippen LogP contribution < -0.4 is 0 Å². The van der Waals surface area contributed by atoms with Gasteiger partial charge >= 0.3 is 11.9 Å². The van der Waals surface area contributed by atoms with Gasteiger partial charge in [0.2, 0.25) is 0 Å². The van der Waals surface area contributed by atoms with Gasteiger partial charge in [-0.2, -0.15) is 0 Å². The first-order chi connectivity index (χ1) is 13.5. The Labute approximate surface area is 170 Å². The Morgan fingerprint density at radius 3 is 2.18 bits per heavy atom. The molecule has 0 aromatic carbocycles. The summed E-state index contributed by atoms with van der Waals surface area (Å²) in [6, 6.07) is 0. The molecule has 1 fully saturated rings. The summed E-state index contributed by atoms with van der Waals surface area (Å²) in [5.41, 5.74) is 0. The highest BCUT2D eigenvalue weighted by molar-refractivity contribution is 5.70. The molecule has 28 heavy (non-hydrogen) atoms. The van der Waals surface area contributed by atoms with Crippen LogP contribution in [0.3, 0.4) is 0 Å². The van der Waals surface area contributed by atoms with Gasteiger partial charge in [-0.3, -0.25) is 9.59 Å². The van der Waals surface area contributed by atoms with E-state index in [9.17, 15) is 9.59 Å². The van der Waals surface area contributed by atoms with Crippen LogP contribution in [0, 0.1) is 11.8 Å². The molecule has 0 amide bonds. The Balaban J connectivity index is 2.11. The highest BCUT2D eigenvalue weighted by Gasteiger charge is 2.29. The lowest BCUT2D eigenvalue weighted by Crippen LogP contribution is -2.41. The quantitative estimate of drug-likeness (QED) is 0.312. The normalized spacial score (nSPS) is 20.8. The van der Waals surface area contributed by atoms with E-state index in [2.05, 4.69) is 27.7 Å². The van der Waals surface area contributed by atoms with E-state index in [-0.39, 0.29) is 24.3 Å². The number of unbranched alkanes of at least 4 members (excludes halogenated alkanes) is 2. The predicted octanol–water partition coefficient (Wildman–Crippen LogP) is 4.64. The van der Waals surface area contributed by atoms with Gasteiger partial charge in [-0.05, 0) is 38.0 Å². The van der Waals surface area contributed by atoms with Crippen molar-refractivity contribution in [1.82, 2.24) is 0 Å². The molecule has 6 heteroatoms. The second-order valence-corrected chi connectivity index (χ2v) is 8.07. The molecule has 1 atom stereocenters. The van der Waals surface area contributed by atoms with Crippen LogP contribution in [0.2, 0.25) is 0 Å². The summed E-state index contributed by atoms with van der Waals surface area (Å²) in [6.45, 7) is 9.77. The van der Waals surface area contributed by atoms with E-state index in [1.54, 1.807) is 0 Å². The van der Waals surface area contributed by atoms with Crippen LogP contribution in [-0.4, -0.2) is 44.2 Å². The predicted molar refractivity (Wildman–Crippen MR) is 108 cm³/mol. The van der Waals surface area contributed by atoms with Crippen molar-refractivity contribution in [3.8, 4) is 0 Å². The molecule has 0 radical (unpaired) electrons. The van der Waals surface area contributed by atoms with Crippen LogP contribution in [0.25, 0.3) is 0 Å². The average molecular weight is 401 g/mol. The number of esters is 2. The molecule has 1 saturated heterocycles. The number of rotatable bonds is 14. The molecule has 1 aliphatic heterocycles. The molecular formula is C22H40O6. The maximum atomic E-state index is 12.0. The molecule has 1 heterocycles. The van der Waals surface area contributed by atoms with E-state index < -0.39 is 0 Å². The first-order valence-electron chi connectivity index (χ1n) is 11.0. The summed E-state index contributed by atoms with van der Waals surface area (Å²) < 4.78 is 22.2. The van der Waals surface area contributed by atoms with Crippen molar-refractivity contribution in [3.05, 3.63) is 0 Å². The molecule has 1 rings (SSSR count). The zero-order valence-electron chi connectivity index (χ0n) is 18.2. The third-order valence-electron chi connectivity index (χ3n) is 5.00. The minimum Gasteiger partial charge on any atom is -0.466 e. The number of hydrogen-bond donors (Lipinski definition) is 0. The highest BCUT2D eigenvalue weighted by Crippen LogP contribution is 2.24. The van der Waals surface area contributed by atoms with Crippen LogP contribution in [0.1, 0.15) is 85.5 Å². The molecule has 0 aromatic heterocycles. The maximum Gasteiger partial charge on any atom is 0.306 e. The molecule has 0 saturated carbocycles. The third kappa shape index (κ3) is 11.0. The van der Waals surface area contributed by atoms with Gasteiger partial charge in [0, 0.05) is 18.8 Å². The van der Waals surface area contributed by atoms with E-state index >= 15 is 0 Å². The first kappa shape index (κ1) is 24.9. The summed E-state index contributed by atoms with van der Waals surface area (Å²) in [5.74, 6) is 0.469. The SMILES string of the molecule is CCCCC(CC)C1OCC(OC(=O)CCCCC(=O)OCCC(C)C)CO1. The van der Waals surface area contributed by atoms with Crippen molar-refractivity contribution in [3.63, 3.8) is 0 Å². The fourth-order valence-electron chi connectivity index (χ4n) is 3.10. The van der Waals surface area contributed by atoms with Crippen LogP contribution in [0.15, 0.2) is 0 Å². The zero-order chi connectivity index (χ0) is 20.8. The van der Waals surface area contributed by atoms with Gasteiger partial charge in [-0.25, -0.2) is 0 Å². The number of ether oxygens (including phenoxy) is 4. The fraction of sp³-hybridized carbons (Fsp3) is 0.909. The van der Waals surface area contributed by atoms with Gasteiger partial charge in [0.05, 0.1) is 19.8 Å². The van der Waals surface area contributed by atoms with E-state index in [1.807, 2.05) is 0 Å². The van der Waals surface area contributed by atoms with Gasteiger partial charge < -0.3 is 18.9 Å². The molecule has 164 valence electrons. The Kier molecular flexibility index (Phi) is 13.2. The van der Waals surface area contributed by atoms with E-state index in [0.717, 1.165) is 19.3 Å². The van der Waals surface area contributed by atoms with Gasteiger partial charge in [-0.1, -0.05) is 40.5 Å². The zero-order valence-corrected chi connectivity index (χ0v) is 18.2. The molecule has 1 unspecified atom stereocenters. The minimum absolute atomic E-state index is 0.187. The second-order valence-electron chi connectivity index (χ2n) is 8.07. The molecule has 0 N–H and O–H groups in total. The van der Waals surface area contributed by atoms with Crippen molar-refractivity contribution < 1.29 is 28.5 Å². The summed E-state index contributed by atoms with van der Waals surface area (Å²) in [4.78, 5) is 23.6. The third-order valence-corrected chi connectivity index (χ3v) is 5.00. The van der Waals surface area contributed by atoms with Crippen LogP contribution in [-0.2, 0) is 28.5 Å². The van der Waals surface area contributed by atoms with E-state index in [4.69, 9.17) is 18.9 Å². The first-order valence-corrected chi connectivity index (χ1v) is 11.0. The minimum atomic E-state index is -0.339. The number of hydrogen-bond acceptors (Lipinski definition) is 6. The molecule has 0 bridgehead atoms. The Bertz CT molecular complexity index is 429. The number of carbonyl (C=O) groups excluding carboxylic acids is 2. The molecule has 0 aliphatic carbocycles. The average Bonchev–Trinajstić information content (AvgIpc) is 2.67. The molecular weight excluding hydrogens is 360 g/mol. The van der Waals surface area contributed by atoms with Crippen molar-refractivity contribution in [1.29, 1.82) is 0 Å².